The maximum Gasteiger partial charge on any atom is 0.0473 e. The van der Waals surface area contributed by atoms with Crippen molar-refractivity contribution in [2.24, 2.45) is 0 Å². The Morgan fingerprint density at radius 3 is 2.87 bits per heavy atom. The summed E-state index contributed by atoms with van der Waals surface area (Å²) in [6, 6.07) is 6.19. The van der Waals surface area contributed by atoms with Gasteiger partial charge in [0.05, 0.1) is 0 Å². The Morgan fingerprint density at radius 1 is 1.40 bits per heavy atom. The van der Waals surface area contributed by atoms with Gasteiger partial charge in [0, 0.05) is 29.5 Å². The molecule has 0 radical (unpaired) electrons. The van der Waals surface area contributed by atoms with Crippen LogP contribution in [0.5, 0.6) is 0 Å². The minimum Gasteiger partial charge on any atom is -0.399 e. The first-order valence-corrected chi connectivity index (χ1v) is 6.29. The smallest absolute Gasteiger partial charge is 0.0473 e. The molecule has 0 amide bonds. The lowest BCUT2D eigenvalue weighted by atomic mass is 10.2. The van der Waals surface area contributed by atoms with Gasteiger partial charge in [-0.25, -0.2) is 0 Å². The van der Waals surface area contributed by atoms with E-state index in [1.807, 2.05) is 31.7 Å². The number of hydrogen-bond donors (Lipinski definition) is 1. The maximum atomic E-state index is 5.75. The number of anilines is 1. The summed E-state index contributed by atoms with van der Waals surface area (Å²) in [7, 11) is 0. The van der Waals surface area contributed by atoms with E-state index in [0.717, 1.165) is 36.6 Å². The molecule has 0 aromatic heterocycles. The van der Waals surface area contributed by atoms with Crippen LogP contribution >= 0.6 is 11.8 Å². The largest absolute Gasteiger partial charge is 0.399 e. The van der Waals surface area contributed by atoms with Gasteiger partial charge in [-0.05, 0) is 44.0 Å². The van der Waals surface area contributed by atoms with Crippen molar-refractivity contribution < 1.29 is 4.74 Å². The fraction of sp³-hybridized carbons (Fsp3) is 0.500. The minimum atomic E-state index is 0.811. The average Bonchev–Trinajstić information content (AvgIpc) is 2.23. The number of ether oxygens (including phenoxy) is 1. The molecule has 0 heterocycles. The number of thioether (sulfide) groups is 1. The molecule has 84 valence electrons. The van der Waals surface area contributed by atoms with Crippen molar-refractivity contribution in [2.75, 3.05) is 24.7 Å². The molecule has 0 atom stereocenters. The van der Waals surface area contributed by atoms with Crippen molar-refractivity contribution >= 4 is 17.4 Å². The summed E-state index contributed by atoms with van der Waals surface area (Å²) in [6.45, 7) is 5.74. The van der Waals surface area contributed by atoms with Crippen LogP contribution in [0, 0.1) is 6.92 Å². The topological polar surface area (TPSA) is 35.2 Å². The van der Waals surface area contributed by atoms with Crippen LogP contribution in [0.4, 0.5) is 5.69 Å². The van der Waals surface area contributed by atoms with E-state index >= 15 is 0 Å². The van der Waals surface area contributed by atoms with E-state index in [4.69, 9.17) is 10.5 Å². The highest BCUT2D eigenvalue weighted by Crippen LogP contribution is 2.22. The van der Waals surface area contributed by atoms with E-state index in [2.05, 4.69) is 12.1 Å². The summed E-state index contributed by atoms with van der Waals surface area (Å²) in [5.74, 6) is 1.10. The molecule has 0 saturated carbocycles. The fourth-order valence-corrected chi connectivity index (χ4v) is 2.16. The highest BCUT2D eigenvalue weighted by Gasteiger charge is 1.97. The molecule has 0 unspecified atom stereocenters. The standard InChI is InChI=1S/C12H19NOS/c1-3-14-7-4-8-15-11-5-6-12(13)10(2)9-11/h5-6,9H,3-4,7-8,13H2,1-2H3. The van der Waals surface area contributed by atoms with Gasteiger partial charge in [-0.3, -0.25) is 0 Å². The number of nitrogen functional groups attached to an aromatic ring is 1. The number of benzene rings is 1. The molecule has 2 N–H and O–H groups in total. The molecule has 1 aromatic rings. The molecule has 3 heteroatoms. The van der Waals surface area contributed by atoms with Gasteiger partial charge in [0.2, 0.25) is 0 Å². The Balaban J connectivity index is 2.28. The third kappa shape index (κ3) is 4.58. The molecule has 0 aliphatic carbocycles. The SMILES string of the molecule is CCOCCCSc1ccc(N)c(C)c1. The predicted octanol–water partition coefficient (Wildman–Crippen LogP) is 3.10. The average molecular weight is 225 g/mol. The number of aryl methyl sites for hydroxylation is 1. The highest BCUT2D eigenvalue weighted by atomic mass is 32.2. The van der Waals surface area contributed by atoms with Gasteiger partial charge in [0.1, 0.15) is 0 Å². The molecule has 0 saturated heterocycles. The molecule has 1 rings (SSSR count). The fourth-order valence-electron chi connectivity index (χ4n) is 1.23. The summed E-state index contributed by atoms with van der Waals surface area (Å²) in [5.41, 5.74) is 7.78. The molecule has 15 heavy (non-hydrogen) atoms. The van der Waals surface area contributed by atoms with E-state index in [0.29, 0.717) is 0 Å². The quantitative estimate of drug-likeness (QED) is 0.459. The molecule has 0 fully saturated rings. The van der Waals surface area contributed by atoms with Crippen molar-refractivity contribution in [3.8, 4) is 0 Å². The number of hydrogen-bond acceptors (Lipinski definition) is 3. The second-order valence-electron chi connectivity index (χ2n) is 3.42. The van der Waals surface area contributed by atoms with Gasteiger partial charge in [-0.1, -0.05) is 0 Å². The monoisotopic (exact) mass is 225 g/mol. The summed E-state index contributed by atoms with van der Waals surface area (Å²) < 4.78 is 5.28. The Labute approximate surface area is 96.2 Å². The summed E-state index contributed by atoms with van der Waals surface area (Å²) >= 11 is 1.86. The van der Waals surface area contributed by atoms with Crippen LogP contribution in [0.1, 0.15) is 18.9 Å². The van der Waals surface area contributed by atoms with Gasteiger partial charge >= 0.3 is 0 Å². The Hall–Kier alpha value is -0.670. The van der Waals surface area contributed by atoms with Gasteiger partial charge in [0.25, 0.3) is 0 Å². The van der Waals surface area contributed by atoms with Crippen LogP contribution in [-0.2, 0) is 4.74 Å². The van der Waals surface area contributed by atoms with Gasteiger partial charge in [-0.15, -0.1) is 11.8 Å². The molecule has 0 bridgehead atoms. The Bertz CT molecular complexity index is 302. The Morgan fingerprint density at radius 2 is 2.20 bits per heavy atom. The molecule has 1 aromatic carbocycles. The van der Waals surface area contributed by atoms with Crippen LogP contribution in [0.2, 0.25) is 0 Å². The first-order chi connectivity index (χ1) is 7.24. The zero-order chi connectivity index (χ0) is 11.1. The van der Waals surface area contributed by atoms with Crippen LogP contribution in [-0.4, -0.2) is 19.0 Å². The van der Waals surface area contributed by atoms with Crippen molar-refractivity contribution in [1.29, 1.82) is 0 Å². The first kappa shape index (κ1) is 12.4. The first-order valence-electron chi connectivity index (χ1n) is 5.30. The summed E-state index contributed by atoms with van der Waals surface area (Å²) in [5, 5.41) is 0. The Kier molecular flexibility index (Phi) is 5.58. The van der Waals surface area contributed by atoms with Crippen molar-refractivity contribution in [2.45, 2.75) is 25.2 Å². The number of nitrogens with two attached hydrogens (primary N) is 1. The lowest BCUT2D eigenvalue weighted by molar-refractivity contribution is 0.149. The van der Waals surface area contributed by atoms with Crippen molar-refractivity contribution in [1.82, 2.24) is 0 Å². The molecule has 0 spiro atoms. The molecule has 0 aliphatic heterocycles. The van der Waals surface area contributed by atoms with E-state index in [9.17, 15) is 0 Å². The molecular weight excluding hydrogens is 206 g/mol. The lowest BCUT2D eigenvalue weighted by Gasteiger charge is -2.05. The van der Waals surface area contributed by atoms with E-state index in [-0.39, 0.29) is 0 Å². The molecule has 0 aliphatic rings. The number of rotatable bonds is 6. The summed E-state index contributed by atoms with van der Waals surface area (Å²) in [6.07, 6.45) is 1.10. The highest BCUT2D eigenvalue weighted by molar-refractivity contribution is 7.99. The van der Waals surface area contributed by atoms with Crippen molar-refractivity contribution in [3.63, 3.8) is 0 Å². The van der Waals surface area contributed by atoms with Crippen molar-refractivity contribution in [3.05, 3.63) is 23.8 Å². The molecule has 2 nitrogen and oxygen atoms in total. The zero-order valence-electron chi connectivity index (χ0n) is 9.45. The predicted molar refractivity (Wildman–Crippen MR) is 67.4 cm³/mol. The van der Waals surface area contributed by atoms with Crippen LogP contribution in [0.15, 0.2) is 23.1 Å². The third-order valence-electron chi connectivity index (χ3n) is 2.15. The minimum absolute atomic E-state index is 0.811. The maximum absolute atomic E-state index is 5.75. The second-order valence-corrected chi connectivity index (χ2v) is 4.59. The van der Waals surface area contributed by atoms with Gasteiger partial charge in [-0.2, -0.15) is 0 Å². The van der Waals surface area contributed by atoms with Gasteiger partial charge in [0.15, 0.2) is 0 Å². The lowest BCUT2D eigenvalue weighted by Crippen LogP contribution is -1.95. The second kappa shape index (κ2) is 6.75. The normalized spacial score (nSPS) is 10.5. The van der Waals surface area contributed by atoms with E-state index < -0.39 is 0 Å². The van der Waals surface area contributed by atoms with E-state index in [1.54, 1.807) is 0 Å². The van der Waals surface area contributed by atoms with Gasteiger partial charge < -0.3 is 10.5 Å². The third-order valence-corrected chi connectivity index (χ3v) is 3.23. The van der Waals surface area contributed by atoms with Crippen LogP contribution < -0.4 is 5.73 Å². The molecular formula is C12H19NOS. The van der Waals surface area contributed by atoms with E-state index in [1.165, 1.54) is 4.90 Å². The summed E-state index contributed by atoms with van der Waals surface area (Å²) in [4.78, 5) is 1.29. The van der Waals surface area contributed by atoms with Crippen LogP contribution in [0.25, 0.3) is 0 Å². The van der Waals surface area contributed by atoms with Crippen LogP contribution in [0.3, 0.4) is 0 Å². The zero-order valence-corrected chi connectivity index (χ0v) is 10.3.